The Labute approximate surface area is 111 Å². The van der Waals surface area contributed by atoms with Gasteiger partial charge in [-0.25, -0.2) is 0 Å². The SMILES string of the molecule is CC(C)CC(CO)NC(C)C(=O)N1CCCCC1. The number of aliphatic hydroxyl groups excluding tert-OH is 1. The third kappa shape index (κ3) is 4.94. The first-order valence-electron chi connectivity index (χ1n) is 7.20. The Bertz CT molecular complexity index is 250. The molecule has 2 atom stereocenters. The first kappa shape index (κ1) is 15.4. The van der Waals surface area contributed by atoms with E-state index >= 15 is 0 Å². The van der Waals surface area contributed by atoms with Gasteiger partial charge in [-0.2, -0.15) is 0 Å². The Morgan fingerprint density at radius 3 is 2.33 bits per heavy atom. The Morgan fingerprint density at radius 1 is 1.22 bits per heavy atom. The lowest BCUT2D eigenvalue weighted by Crippen LogP contribution is -2.50. The van der Waals surface area contributed by atoms with Gasteiger partial charge in [0.25, 0.3) is 0 Å². The second kappa shape index (κ2) is 7.74. The van der Waals surface area contributed by atoms with Crippen molar-refractivity contribution in [2.24, 2.45) is 5.92 Å². The molecule has 2 unspecified atom stereocenters. The second-order valence-corrected chi connectivity index (χ2v) is 5.78. The molecule has 1 aliphatic rings. The van der Waals surface area contributed by atoms with Crippen molar-refractivity contribution in [1.82, 2.24) is 10.2 Å². The van der Waals surface area contributed by atoms with Gasteiger partial charge in [0.2, 0.25) is 5.91 Å². The number of hydrogen-bond donors (Lipinski definition) is 2. The molecular weight excluding hydrogens is 228 g/mol. The minimum atomic E-state index is -0.195. The molecule has 0 aromatic carbocycles. The van der Waals surface area contributed by atoms with Crippen molar-refractivity contribution in [2.45, 2.75) is 58.5 Å². The Hall–Kier alpha value is -0.610. The van der Waals surface area contributed by atoms with E-state index in [0.717, 1.165) is 32.4 Å². The molecule has 1 aliphatic heterocycles. The van der Waals surface area contributed by atoms with Crippen molar-refractivity contribution < 1.29 is 9.90 Å². The van der Waals surface area contributed by atoms with Crippen molar-refractivity contribution in [3.63, 3.8) is 0 Å². The van der Waals surface area contributed by atoms with Crippen molar-refractivity contribution in [3.05, 3.63) is 0 Å². The van der Waals surface area contributed by atoms with E-state index in [2.05, 4.69) is 19.2 Å². The van der Waals surface area contributed by atoms with E-state index in [-0.39, 0.29) is 24.6 Å². The topological polar surface area (TPSA) is 52.6 Å². The highest BCUT2D eigenvalue weighted by molar-refractivity contribution is 5.81. The minimum Gasteiger partial charge on any atom is -0.395 e. The van der Waals surface area contributed by atoms with Gasteiger partial charge in [-0.15, -0.1) is 0 Å². The largest absolute Gasteiger partial charge is 0.395 e. The van der Waals surface area contributed by atoms with Gasteiger partial charge in [0.05, 0.1) is 12.6 Å². The number of nitrogens with one attached hydrogen (secondary N) is 1. The fourth-order valence-corrected chi connectivity index (χ4v) is 2.58. The fourth-order valence-electron chi connectivity index (χ4n) is 2.58. The summed E-state index contributed by atoms with van der Waals surface area (Å²) < 4.78 is 0. The van der Waals surface area contributed by atoms with Gasteiger partial charge in [0, 0.05) is 19.1 Å². The molecular formula is C14H28N2O2. The quantitative estimate of drug-likeness (QED) is 0.755. The molecule has 1 heterocycles. The van der Waals surface area contributed by atoms with Gasteiger partial charge < -0.3 is 15.3 Å². The maximum atomic E-state index is 12.2. The number of amides is 1. The van der Waals surface area contributed by atoms with E-state index in [1.165, 1.54) is 6.42 Å². The summed E-state index contributed by atoms with van der Waals surface area (Å²) in [7, 11) is 0. The Morgan fingerprint density at radius 2 is 1.83 bits per heavy atom. The van der Waals surface area contributed by atoms with Crippen LogP contribution in [0.3, 0.4) is 0 Å². The van der Waals surface area contributed by atoms with Gasteiger partial charge in [0.15, 0.2) is 0 Å². The lowest BCUT2D eigenvalue weighted by molar-refractivity contribution is -0.134. The number of carbonyl (C=O) groups excluding carboxylic acids is 1. The summed E-state index contributed by atoms with van der Waals surface area (Å²) in [4.78, 5) is 14.2. The molecule has 2 N–H and O–H groups in total. The zero-order valence-corrected chi connectivity index (χ0v) is 12.0. The summed E-state index contributed by atoms with van der Waals surface area (Å²) in [6.45, 7) is 8.02. The molecule has 1 saturated heterocycles. The highest BCUT2D eigenvalue weighted by atomic mass is 16.3. The maximum Gasteiger partial charge on any atom is 0.239 e. The molecule has 106 valence electrons. The predicted molar refractivity (Wildman–Crippen MR) is 73.4 cm³/mol. The summed E-state index contributed by atoms with van der Waals surface area (Å²) in [6.07, 6.45) is 4.37. The molecule has 0 saturated carbocycles. The number of aliphatic hydroxyl groups is 1. The molecule has 4 heteroatoms. The molecule has 0 aromatic rings. The number of likely N-dealkylation sites (tertiary alicyclic amines) is 1. The molecule has 0 spiro atoms. The summed E-state index contributed by atoms with van der Waals surface area (Å²) in [6, 6.07) is -0.173. The highest BCUT2D eigenvalue weighted by Crippen LogP contribution is 2.11. The summed E-state index contributed by atoms with van der Waals surface area (Å²) in [5, 5.41) is 12.6. The van der Waals surface area contributed by atoms with Crippen LogP contribution in [-0.2, 0) is 4.79 Å². The zero-order valence-electron chi connectivity index (χ0n) is 12.0. The molecule has 1 amide bonds. The number of rotatable bonds is 6. The molecule has 0 aliphatic carbocycles. The predicted octanol–water partition coefficient (Wildman–Crippen LogP) is 1.38. The average Bonchev–Trinajstić information content (AvgIpc) is 2.37. The van der Waals surface area contributed by atoms with Gasteiger partial charge in [-0.05, 0) is 38.5 Å². The Kier molecular flexibility index (Phi) is 6.65. The van der Waals surface area contributed by atoms with Crippen molar-refractivity contribution >= 4 is 5.91 Å². The van der Waals surface area contributed by atoms with Gasteiger partial charge in [-0.3, -0.25) is 4.79 Å². The molecule has 0 radical (unpaired) electrons. The van der Waals surface area contributed by atoms with Crippen molar-refractivity contribution in [3.8, 4) is 0 Å². The fraction of sp³-hybridized carbons (Fsp3) is 0.929. The minimum absolute atomic E-state index is 0.0220. The average molecular weight is 256 g/mol. The molecule has 1 rings (SSSR count). The van der Waals surface area contributed by atoms with E-state index in [4.69, 9.17) is 0 Å². The van der Waals surface area contributed by atoms with Crippen LogP contribution >= 0.6 is 0 Å². The van der Waals surface area contributed by atoms with Gasteiger partial charge >= 0.3 is 0 Å². The van der Waals surface area contributed by atoms with E-state index in [1.807, 2.05) is 11.8 Å². The molecule has 18 heavy (non-hydrogen) atoms. The summed E-state index contributed by atoms with van der Waals surface area (Å²) in [5.74, 6) is 0.698. The van der Waals surface area contributed by atoms with Crippen LogP contribution < -0.4 is 5.32 Å². The van der Waals surface area contributed by atoms with Crippen LogP contribution in [0.4, 0.5) is 0 Å². The molecule has 4 nitrogen and oxygen atoms in total. The number of carbonyl (C=O) groups is 1. The van der Waals surface area contributed by atoms with E-state index in [0.29, 0.717) is 5.92 Å². The Balaban J connectivity index is 2.41. The van der Waals surface area contributed by atoms with Crippen molar-refractivity contribution in [2.75, 3.05) is 19.7 Å². The van der Waals surface area contributed by atoms with Crippen LogP contribution in [0.1, 0.15) is 46.5 Å². The first-order valence-corrected chi connectivity index (χ1v) is 7.20. The van der Waals surface area contributed by atoms with E-state index in [9.17, 15) is 9.90 Å². The zero-order chi connectivity index (χ0) is 13.5. The van der Waals surface area contributed by atoms with E-state index in [1.54, 1.807) is 0 Å². The second-order valence-electron chi connectivity index (χ2n) is 5.78. The maximum absolute atomic E-state index is 12.2. The monoisotopic (exact) mass is 256 g/mol. The number of nitrogens with zero attached hydrogens (tertiary/aromatic N) is 1. The third-order valence-corrected chi connectivity index (χ3v) is 3.50. The standard InChI is InChI=1S/C14H28N2O2/c1-11(2)9-13(10-17)15-12(3)14(18)16-7-5-4-6-8-16/h11-13,15,17H,4-10H2,1-3H3. The van der Waals surface area contributed by atoms with E-state index < -0.39 is 0 Å². The number of piperidine rings is 1. The highest BCUT2D eigenvalue weighted by Gasteiger charge is 2.24. The smallest absolute Gasteiger partial charge is 0.239 e. The van der Waals surface area contributed by atoms with Crippen LogP contribution in [0.25, 0.3) is 0 Å². The van der Waals surface area contributed by atoms with Crippen LogP contribution in [0.15, 0.2) is 0 Å². The van der Waals surface area contributed by atoms with Crippen LogP contribution in [0.5, 0.6) is 0 Å². The normalized spacial score (nSPS) is 19.9. The summed E-state index contributed by atoms with van der Waals surface area (Å²) in [5.41, 5.74) is 0. The lowest BCUT2D eigenvalue weighted by atomic mass is 10.0. The summed E-state index contributed by atoms with van der Waals surface area (Å²) >= 11 is 0. The van der Waals surface area contributed by atoms with Gasteiger partial charge in [0.1, 0.15) is 0 Å². The molecule has 0 aromatic heterocycles. The van der Waals surface area contributed by atoms with Crippen LogP contribution in [0, 0.1) is 5.92 Å². The first-order chi connectivity index (χ1) is 8.54. The molecule has 1 fully saturated rings. The van der Waals surface area contributed by atoms with Crippen molar-refractivity contribution in [1.29, 1.82) is 0 Å². The van der Waals surface area contributed by atoms with Crippen LogP contribution in [-0.4, -0.2) is 47.7 Å². The van der Waals surface area contributed by atoms with Crippen LogP contribution in [0.2, 0.25) is 0 Å². The van der Waals surface area contributed by atoms with Gasteiger partial charge in [-0.1, -0.05) is 13.8 Å². The molecule has 0 bridgehead atoms. The third-order valence-electron chi connectivity index (χ3n) is 3.50. The number of hydrogen-bond acceptors (Lipinski definition) is 3. The lowest BCUT2D eigenvalue weighted by Gasteiger charge is -2.31.